The molecule has 0 unspecified atom stereocenters. The zero-order chi connectivity index (χ0) is 16.2. The van der Waals surface area contributed by atoms with Gasteiger partial charge in [0.25, 0.3) is 0 Å². The van der Waals surface area contributed by atoms with Crippen molar-refractivity contribution in [3.05, 3.63) is 70.5 Å². The number of benzene rings is 2. The molecule has 0 heterocycles. The van der Waals surface area contributed by atoms with Crippen LogP contribution < -0.4 is 5.32 Å². The molecular weight excluding hydrogens is 325 g/mol. The van der Waals surface area contributed by atoms with Gasteiger partial charge in [0.2, 0.25) is 0 Å². The van der Waals surface area contributed by atoms with Crippen LogP contribution in [0.15, 0.2) is 48.5 Å². The van der Waals surface area contributed by atoms with Crippen molar-refractivity contribution in [1.29, 1.82) is 0 Å². The Hall–Kier alpha value is -1.43. The molecule has 3 nitrogen and oxygen atoms in total. The average Bonchev–Trinajstić information content (AvgIpc) is 2.45. The summed E-state index contributed by atoms with van der Waals surface area (Å²) in [5, 5.41) is 3.41. The van der Waals surface area contributed by atoms with Crippen molar-refractivity contribution < 1.29 is 12.8 Å². The van der Waals surface area contributed by atoms with Gasteiger partial charge in [0.15, 0.2) is 0 Å². The number of halogens is 2. The first-order valence-electron chi connectivity index (χ1n) is 6.76. The predicted molar refractivity (Wildman–Crippen MR) is 87.1 cm³/mol. The fourth-order valence-corrected chi connectivity index (χ4v) is 3.33. The molecule has 22 heavy (non-hydrogen) atoms. The monoisotopic (exact) mass is 341 g/mol. The molecule has 0 amide bonds. The average molecular weight is 342 g/mol. The van der Waals surface area contributed by atoms with Crippen LogP contribution in [0.4, 0.5) is 4.39 Å². The van der Waals surface area contributed by atoms with Crippen LogP contribution in [0.25, 0.3) is 0 Å². The van der Waals surface area contributed by atoms with Crippen molar-refractivity contribution in [2.75, 3.05) is 12.0 Å². The van der Waals surface area contributed by atoms with Gasteiger partial charge in [0, 0.05) is 29.4 Å². The fourth-order valence-electron chi connectivity index (χ4n) is 2.19. The maximum atomic E-state index is 13.8. The van der Waals surface area contributed by atoms with E-state index in [-0.39, 0.29) is 12.3 Å². The molecular formula is C16H17ClFNO2S. The van der Waals surface area contributed by atoms with Crippen LogP contribution in [0.1, 0.15) is 17.2 Å². The molecule has 1 atom stereocenters. The molecule has 0 fully saturated rings. The maximum absolute atomic E-state index is 13.8. The van der Waals surface area contributed by atoms with Gasteiger partial charge < -0.3 is 5.32 Å². The van der Waals surface area contributed by atoms with E-state index in [1.807, 2.05) is 30.3 Å². The van der Waals surface area contributed by atoms with Crippen LogP contribution in [0.5, 0.6) is 0 Å². The highest BCUT2D eigenvalue weighted by Gasteiger charge is 2.18. The molecule has 0 saturated heterocycles. The lowest BCUT2D eigenvalue weighted by Gasteiger charge is -2.19. The minimum absolute atomic E-state index is 0.0664. The molecule has 0 aliphatic heterocycles. The summed E-state index contributed by atoms with van der Waals surface area (Å²) >= 11 is 5.99. The summed E-state index contributed by atoms with van der Waals surface area (Å²) in [6.45, 7) is 0.153. The molecule has 118 valence electrons. The van der Waals surface area contributed by atoms with Crippen molar-refractivity contribution in [2.45, 2.75) is 12.6 Å². The summed E-state index contributed by atoms with van der Waals surface area (Å²) in [7, 11) is -3.19. The van der Waals surface area contributed by atoms with Gasteiger partial charge in [-0.1, -0.05) is 48.0 Å². The molecule has 0 spiro atoms. The molecule has 6 heteroatoms. The lowest BCUT2D eigenvalue weighted by atomic mass is 10.1. The summed E-state index contributed by atoms with van der Waals surface area (Å²) in [4.78, 5) is 0. The van der Waals surface area contributed by atoms with E-state index in [1.165, 1.54) is 18.4 Å². The van der Waals surface area contributed by atoms with Gasteiger partial charge >= 0.3 is 0 Å². The Kier molecular flexibility index (Phi) is 5.56. The smallest absolute Gasteiger partial charge is 0.149 e. The standard InChI is InChI=1S/C16H17ClFNO2S/c1-22(20,21)11-16(12-6-3-2-4-7-12)19-10-13-14(17)8-5-9-15(13)18/h2-9,16,19H,10-11H2,1H3/t16-/m0/s1. The molecule has 2 aromatic rings. The zero-order valence-corrected chi connectivity index (χ0v) is 13.7. The van der Waals surface area contributed by atoms with Gasteiger partial charge in [-0.15, -0.1) is 0 Å². The highest BCUT2D eigenvalue weighted by molar-refractivity contribution is 7.90. The van der Waals surface area contributed by atoms with Gasteiger partial charge in [-0.25, -0.2) is 12.8 Å². The van der Waals surface area contributed by atoms with Crippen LogP contribution in [0.3, 0.4) is 0 Å². The number of sulfone groups is 1. The Balaban J connectivity index is 2.20. The second-order valence-corrected chi connectivity index (χ2v) is 7.73. The summed E-state index contributed by atoms with van der Waals surface area (Å²) in [5.74, 6) is -0.477. The van der Waals surface area contributed by atoms with E-state index in [9.17, 15) is 12.8 Å². The highest BCUT2D eigenvalue weighted by Crippen LogP contribution is 2.21. The van der Waals surface area contributed by atoms with Gasteiger partial charge in [0.1, 0.15) is 15.7 Å². The third kappa shape index (κ3) is 4.80. The first-order chi connectivity index (χ1) is 10.4. The van der Waals surface area contributed by atoms with Crippen LogP contribution in [-0.2, 0) is 16.4 Å². The van der Waals surface area contributed by atoms with Crippen LogP contribution in [0, 0.1) is 5.82 Å². The van der Waals surface area contributed by atoms with Crippen molar-refractivity contribution in [3.63, 3.8) is 0 Å². The fraction of sp³-hybridized carbons (Fsp3) is 0.250. The third-order valence-corrected chi connectivity index (χ3v) is 4.55. The van der Waals surface area contributed by atoms with Crippen molar-refractivity contribution in [1.82, 2.24) is 5.32 Å². The first-order valence-corrected chi connectivity index (χ1v) is 9.19. The van der Waals surface area contributed by atoms with Gasteiger partial charge in [-0.05, 0) is 17.7 Å². The summed E-state index contributed by atoms with van der Waals surface area (Å²) in [6, 6.07) is 13.3. The van der Waals surface area contributed by atoms with Crippen LogP contribution in [0.2, 0.25) is 5.02 Å². The summed E-state index contributed by atoms with van der Waals surface area (Å²) in [6.07, 6.45) is 1.18. The number of hydrogen-bond donors (Lipinski definition) is 1. The molecule has 2 aromatic carbocycles. The van der Waals surface area contributed by atoms with E-state index in [2.05, 4.69) is 5.32 Å². The Morgan fingerprint density at radius 1 is 1.14 bits per heavy atom. The Morgan fingerprint density at radius 2 is 1.82 bits per heavy atom. The first kappa shape index (κ1) is 16.9. The SMILES string of the molecule is CS(=O)(=O)C[C@H](NCc1c(F)cccc1Cl)c1ccccc1. The molecule has 0 bridgehead atoms. The van der Waals surface area contributed by atoms with Crippen LogP contribution >= 0.6 is 11.6 Å². The van der Waals surface area contributed by atoms with Gasteiger partial charge in [-0.2, -0.15) is 0 Å². The Morgan fingerprint density at radius 3 is 2.41 bits per heavy atom. The van der Waals surface area contributed by atoms with E-state index in [4.69, 9.17) is 11.6 Å². The van der Waals surface area contributed by atoms with E-state index in [0.717, 1.165) is 5.56 Å². The number of nitrogens with one attached hydrogen (secondary N) is 1. The lowest BCUT2D eigenvalue weighted by molar-refractivity contribution is 0.534. The maximum Gasteiger partial charge on any atom is 0.149 e. The van der Waals surface area contributed by atoms with E-state index >= 15 is 0 Å². The second-order valence-electron chi connectivity index (χ2n) is 5.14. The quantitative estimate of drug-likeness (QED) is 0.876. The molecule has 0 aliphatic carbocycles. The predicted octanol–water partition coefficient (Wildman–Crippen LogP) is 3.35. The molecule has 0 aliphatic rings. The number of hydrogen-bond acceptors (Lipinski definition) is 3. The van der Waals surface area contributed by atoms with Gasteiger partial charge in [-0.3, -0.25) is 0 Å². The molecule has 0 radical (unpaired) electrons. The lowest BCUT2D eigenvalue weighted by Crippen LogP contribution is -2.28. The zero-order valence-electron chi connectivity index (χ0n) is 12.1. The Bertz CT molecular complexity index is 715. The van der Waals surface area contributed by atoms with Gasteiger partial charge in [0.05, 0.1) is 5.75 Å². The molecule has 0 aromatic heterocycles. The molecule has 2 rings (SSSR count). The topological polar surface area (TPSA) is 46.2 Å². The van der Waals surface area contributed by atoms with Crippen molar-refractivity contribution in [3.8, 4) is 0 Å². The molecule has 1 N–H and O–H groups in total. The largest absolute Gasteiger partial charge is 0.305 e. The van der Waals surface area contributed by atoms with E-state index in [1.54, 1.807) is 6.07 Å². The van der Waals surface area contributed by atoms with Crippen molar-refractivity contribution in [2.24, 2.45) is 0 Å². The minimum atomic E-state index is -3.19. The highest BCUT2D eigenvalue weighted by atomic mass is 35.5. The van der Waals surface area contributed by atoms with Crippen LogP contribution in [-0.4, -0.2) is 20.4 Å². The minimum Gasteiger partial charge on any atom is -0.305 e. The van der Waals surface area contributed by atoms with E-state index < -0.39 is 21.7 Å². The summed E-state index contributed by atoms with van der Waals surface area (Å²) < 4.78 is 37.0. The molecule has 0 saturated carbocycles. The normalized spacial score (nSPS) is 13.0. The second kappa shape index (κ2) is 7.22. The Labute approximate surface area is 135 Å². The van der Waals surface area contributed by atoms with Crippen molar-refractivity contribution >= 4 is 21.4 Å². The third-order valence-electron chi connectivity index (χ3n) is 3.26. The summed E-state index contributed by atoms with van der Waals surface area (Å²) in [5.41, 5.74) is 1.17. The van der Waals surface area contributed by atoms with E-state index in [0.29, 0.717) is 10.6 Å². The number of rotatable bonds is 6.